The molecule has 0 aliphatic rings. The monoisotopic (exact) mass is 179 g/mol. The van der Waals surface area contributed by atoms with E-state index in [0.717, 1.165) is 19.3 Å². The van der Waals surface area contributed by atoms with E-state index in [1.54, 1.807) is 0 Å². The first kappa shape index (κ1) is 11.9. The Morgan fingerprint density at radius 2 is 2.00 bits per heavy atom. The summed E-state index contributed by atoms with van der Waals surface area (Å²) in [6, 6.07) is 0. The molecule has 0 aromatic heterocycles. The third kappa shape index (κ3) is 7.24. The van der Waals surface area contributed by atoms with Gasteiger partial charge in [0.15, 0.2) is 0 Å². The maximum atomic E-state index is 8.11. The molecule has 0 fully saturated rings. The summed E-state index contributed by atoms with van der Waals surface area (Å²) in [4.78, 5) is 2.73. The lowest BCUT2D eigenvalue weighted by Crippen LogP contribution is -2.02. The van der Waals surface area contributed by atoms with Gasteiger partial charge in [0.1, 0.15) is 0 Å². The summed E-state index contributed by atoms with van der Waals surface area (Å²) in [6.45, 7) is 4.84. The van der Waals surface area contributed by atoms with Crippen LogP contribution in [0.15, 0.2) is 5.11 Å². The minimum absolute atomic E-state index is 0.469. The number of nitrogens with zero attached hydrogens (tertiary/aromatic N) is 3. The van der Waals surface area contributed by atoms with E-state index < -0.39 is 0 Å². The van der Waals surface area contributed by atoms with Gasteiger partial charge in [0, 0.05) is 17.9 Å². The number of terminal acetylenes is 1. The smallest absolute Gasteiger partial charge is 0.0283 e. The van der Waals surface area contributed by atoms with E-state index in [4.69, 9.17) is 12.0 Å². The van der Waals surface area contributed by atoms with Crippen LogP contribution in [-0.4, -0.2) is 6.54 Å². The van der Waals surface area contributed by atoms with Crippen molar-refractivity contribution in [3.8, 4) is 12.3 Å². The molecule has 0 heterocycles. The maximum Gasteiger partial charge on any atom is 0.0283 e. The Balaban J connectivity index is 3.51. The van der Waals surface area contributed by atoms with Gasteiger partial charge in [-0.25, -0.2) is 0 Å². The van der Waals surface area contributed by atoms with Crippen molar-refractivity contribution in [2.75, 3.05) is 6.54 Å². The van der Waals surface area contributed by atoms with Crippen LogP contribution < -0.4 is 0 Å². The Morgan fingerprint density at radius 1 is 1.38 bits per heavy atom. The summed E-state index contributed by atoms with van der Waals surface area (Å²) < 4.78 is 0. The second-order valence-corrected chi connectivity index (χ2v) is 3.61. The number of rotatable bonds is 6. The predicted octanol–water partition coefficient (Wildman–Crippen LogP) is 3.37. The fourth-order valence-corrected chi connectivity index (χ4v) is 1.14. The molecule has 0 aliphatic carbocycles. The Kier molecular flexibility index (Phi) is 6.86. The molecule has 0 spiro atoms. The molecule has 0 radical (unpaired) electrons. The molecule has 72 valence electrons. The lowest BCUT2D eigenvalue weighted by Gasteiger charge is -2.11. The summed E-state index contributed by atoms with van der Waals surface area (Å²) in [7, 11) is 0. The van der Waals surface area contributed by atoms with Gasteiger partial charge < -0.3 is 0 Å². The fraction of sp³-hybridized carbons (Fsp3) is 0.800. The van der Waals surface area contributed by atoms with Gasteiger partial charge in [-0.05, 0) is 23.8 Å². The molecule has 2 atom stereocenters. The van der Waals surface area contributed by atoms with Gasteiger partial charge in [0.2, 0.25) is 0 Å². The second kappa shape index (κ2) is 7.52. The molecule has 3 nitrogen and oxygen atoms in total. The van der Waals surface area contributed by atoms with Gasteiger partial charge in [-0.2, -0.15) is 0 Å². The van der Waals surface area contributed by atoms with E-state index in [2.05, 4.69) is 29.8 Å². The topological polar surface area (TPSA) is 48.8 Å². The zero-order chi connectivity index (χ0) is 10.1. The lowest BCUT2D eigenvalue weighted by atomic mass is 9.96. The SMILES string of the molecule is C#CCC(C)CCC(C)CN=[N+]=[N-]. The largest absolute Gasteiger partial charge is 0.120 e. The standard InChI is InChI=1S/C10H17N3/c1-4-5-9(2)6-7-10(3)8-12-13-11/h1,9-10H,5-8H2,2-3H3. The molecule has 2 unspecified atom stereocenters. The van der Waals surface area contributed by atoms with E-state index >= 15 is 0 Å². The molecule has 0 bridgehead atoms. The van der Waals surface area contributed by atoms with E-state index in [-0.39, 0.29) is 0 Å². The maximum absolute atomic E-state index is 8.11. The molecule has 0 N–H and O–H groups in total. The normalized spacial score (nSPS) is 13.9. The van der Waals surface area contributed by atoms with Gasteiger partial charge >= 0.3 is 0 Å². The van der Waals surface area contributed by atoms with Crippen molar-refractivity contribution in [3.63, 3.8) is 0 Å². The first-order valence-corrected chi connectivity index (χ1v) is 4.65. The average molecular weight is 179 g/mol. The summed E-state index contributed by atoms with van der Waals surface area (Å²) in [5.74, 6) is 3.70. The van der Waals surface area contributed by atoms with E-state index in [1.165, 1.54) is 0 Å². The molecule has 0 aliphatic heterocycles. The highest BCUT2D eigenvalue weighted by atomic mass is 15.1. The van der Waals surface area contributed by atoms with Gasteiger partial charge in [0.05, 0.1) is 0 Å². The first-order chi connectivity index (χ1) is 6.20. The predicted molar refractivity (Wildman–Crippen MR) is 55.0 cm³/mol. The third-order valence-corrected chi connectivity index (χ3v) is 2.08. The zero-order valence-electron chi connectivity index (χ0n) is 8.40. The Hall–Kier alpha value is -1.13. The molecule has 13 heavy (non-hydrogen) atoms. The number of hydrogen-bond donors (Lipinski definition) is 0. The average Bonchev–Trinajstić information content (AvgIpc) is 2.12. The molecule has 0 saturated heterocycles. The molecule has 3 heteroatoms. The molecule has 0 saturated carbocycles. The van der Waals surface area contributed by atoms with Crippen LogP contribution in [-0.2, 0) is 0 Å². The highest BCUT2D eigenvalue weighted by molar-refractivity contribution is 4.85. The van der Waals surface area contributed by atoms with Crippen molar-refractivity contribution in [3.05, 3.63) is 10.4 Å². The van der Waals surface area contributed by atoms with Crippen molar-refractivity contribution in [1.29, 1.82) is 0 Å². The van der Waals surface area contributed by atoms with E-state index in [9.17, 15) is 0 Å². The van der Waals surface area contributed by atoms with Crippen molar-refractivity contribution in [2.24, 2.45) is 17.0 Å². The summed E-state index contributed by atoms with van der Waals surface area (Å²) in [6.07, 6.45) is 8.24. The minimum Gasteiger partial charge on any atom is -0.120 e. The molecule has 0 rings (SSSR count). The highest BCUT2D eigenvalue weighted by Gasteiger charge is 2.04. The Labute approximate surface area is 80.2 Å². The zero-order valence-corrected chi connectivity index (χ0v) is 8.40. The Bertz CT molecular complexity index is 211. The summed E-state index contributed by atoms with van der Waals surface area (Å²) in [5.41, 5.74) is 8.11. The number of hydrogen-bond acceptors (Lipinski definition) is 1. The van der Waals surface area contributed by atoms with Crippen LogP contribution in [0.2, 0.25) is 0 Å². The van der Waals surface area contributed by atoms with E-state index in [1.807, 2.05) is 0 Å². The molecule has 0 aromatic carbocycles. The van der Waals surface area contributed by atoms with Crippen molar-refractivity contribution in [2.45, 2.75) is 33.1 Å². The van der Waals surface area contributed by atoms with Crippen LogP contribution in [0.5, 0.6) is 0 Å². The van der Waals surface area contributed by atoms with E-state index in [0.29, 0.717) is 18.4 Å². The fourth-order valence-electron chi connectivity index (χ4n) is 1.14. The van der Waals surface area contributed by atoms with Crippen LogP contribution in [0.1, 0.15) is 33.1 Å². The van der Waals surface area contributed by atoms with Crippen molar-refractivity contribution in [1.82, 2.24) is 0 Å². The molecule has 0 aromatic rings. The van der Waals surface area contributed by atoms with Crippen LogP contribution >= 0.6 is 0 Å². The van der Waals surface area contributed by atoms with Crippen molar-refractivity contribution >= 4 is 0 Å². The van der Waals surface area contributed by atoms with Crippen LogP contribution in [0, 0.1) is 24.2 Å². The first-order valence-electron chi connectivity index (χ1n) is 4.65. The van der Waals surface area contributed by atoms with Crippen LogP contribution in [0.4, 0.5) is 0 Å². The van der Waals surface area contributed by atoms with Gasteiger partial charge in [-0.1, -0.05) is 25.4 Å². The number of azide groups is 1. The minimum atomic E-state index is 0.469. The highest BCUT2D eigenvalue weighted by Crippen LogP contribution is 2.14. The van der Waals surface area contributed by atoms with Gasteiger partial charge in [-0.3, -0.25) is 0 Å². The van der Waals surface area contributed by atoms with Gasteiger partial charge in [-0.15, -0.1) is 12.3 Å². The molecular formula is C10H17N3. The third-order valence-electron chi connectivity index (χ3n) is 2.08. The second-order valence-electron chi connectivity index (χ2n) is 3.61. The van der Waals surface area contributed by atoms with Crippen molar-refractivity contribution < 1.29 is 0 Å². The Morgan fingerprint density at radius 3 is 2.54 bits per heavy atom. The molecule has 0 amide bonds. The summed E-state index contributed by atoms with van der Waals surface area (Å²) >= 11 is 0. The molecular weight excluding hydrogens is 162 g/mol. The lowest BCUT2D eigenvalue weighted by molar-refractivity contribution is 0.441. The quantitative estimate of drug-likeness (QED) is 0.260. The summed E-state index contributed by atoms with van der Waals surface area (Å²) in [5, 5.41) is 3.54. The van der Waals surface area contributed by atoms with Gasteiger partial charge in [0.25, 0.3) is 0 Å². The van der Waals surface area contributed by atoms with Crippen LogP contribution in [0.25, 0.3) is 10.4 Å². The van der Waals surface area contributed by atoms with Crippen LogP contribution in [0.3, 0.4) is 0 Å².